The first-order valence-corrected chi connectivity index (χ1v) is 3.89. The molecule has 0 aromatic rings. The van der Waals surface area contributed by atoms with Crippen LogP contribution in [0.3, 0.4) is 0 Å². The number of carbonyl (C=O) groups is 2. The number of ketones is 1. The van der Waals surface area contributed by atoms with Gasteiger partial charge in [-0.2, -0.15) is 0 Å². The molecule has 0 spiro atoms. The van der Waals surface area contributed by atoms with Crippen LogP contribution in [0.2, 0.25) is 0 Å². The lowest BCUT2D eigenvalue weighted by Crippen LogP contribution is -2.35. The van der Waals surface area contributed by atoms with Crippen LogP contribution in [-0.2, 0) is 14.3 Å². The van der Waals surface area contributed by atoms with Crippen molar-refractivity contribution >= 4 is 11.8 Å². The van der Waals surface area contributed by atoms with E-state index in [4.69, 9.17) is 0 Å². The summed E-state index contributed by atoms with van der Waals surface area (Å²) in [5.74, 6) is -1.24. The minimum absolute atomic E-state index is 0.144. The molecule has 3 nitrogen and oxygen atoms in total. The molecule has 0 aliphatic carbocycles. The minimum atomic E-state index is -0.650. The normalized spacial score (nSPS) is 13.8. The van der Waals surface area contributed by atoms with Gasteiger partial charge in [-0.1, -0.05) is 20.8 Å². The summed E-state index contributed by atoms with van der Waals surface area (Å²) >= 11 is 0. The van der Waals surface area contributed by atoms with Crippen molar-refractivity contribution in [2.45, 2.75) is 27.7 Å². The summed E-state index contributed by atoms with van der Waals surface area (Å²) in [6.07, 6.45) is 0. The zero-order valence-corrected chi connectivity index (χ0v) is 8.30. The second kappa shape index (κ2) is 3.70. The van der Waals surface area contributed by atoms with Gasteiger partial charge in [0.15, 0.2) is 0 Å². The van der Waals surface area contributed by atoms with Gasteiger partial charge in [-0.3, -0.25) is 9.59 Å². The van der Waals surface area contributed by atoms with E-state index in [2.05, 4.69) is 4.74 Å². The number of ether oxygens (including phenoxy) is 1. The Kier molecular flexibility index (Phi) is 3.43. The van der Waals surface area contributed by atoms with Crippen LogP contribution in [-0.4, -0.2) is 18.9 Å². The second-order valence-electron chi connectivity index (χ2n) is 3.93. The van der Waals surface area contributed by atoms with E-state index in [-0.39, 0.29) is 11.2 Å². The third kappa shape index (κ3) is 2.64. The molecule has 0 aliphatic heterocycles. The van der Waals surface area contributed by atoms with Gasteiger partial charge in [0.25, 0.3) is 0 Å². The number of carbonyl (C=O) groups excluding carboxylic acids is 2. The smallest absolute Gasteiger partial charge is 0.316 e. The Bertz CT molecular complexity index is 188. The number of hydrogen-bond donors (Lipinski definition) is 0. The van der Waals surface area contributed by atoms with Crippen LogP contribution < -0.4 is 0 Å². The summed E-state index contributed by atoms with van der Waals surface area (Å²) in [6.45, 7) is 6.94. The zero-order valence-electron chi connectivity index (χ0n) is 8.30. The summed E-state index contributed by atoms with van der Waals surface area (Å²) in [4.78, 5) is 22.2. The molecule has 0 aromatic heterocycles. The fourth-order valence-electron chi connectivity index (χ4n) is 1.25. The molecule has 0 saturated heterocycles. The van der Waals surface area contributed by atoms with Crippen LogP contribution >= 0.6 is 0 Å². The van der Waals surface area contributed by atoms with E-state index in [1.165, 1.54) is 14.0 Å². The van der Waals surface area contributed by atoms with Crippen molar-refractivity contribution in [1.82, 2.24) is 0 Å². The van der Waals surface area contributed by atoms with E-state index < -0.39 is 11.9 Å². The highest BCUT2D eigenvalue weighted by Gasteiger charge is 2.35. The average Bonchev–Trinajstić information content (AvgIpc) is 1.83. The largest absolute Gasteiger partial charge is 0.468 e. The number of methoxy groups -OCH3 is 1. The van der Waals surface area contributed by atoms with Gasteiger partial charge in [-0.25, -0.2) is 0 Å². The minimum Gasteiger partial charge on any atom is -0.468 e. The number of rotatable bonds is 2. The monoisotopic (exact) mass is 172 g/mol. The molecule has 0 radical (unpaired) electrons. The molecule has 0 rings (SSSR count). The van der Waals surface area contributed by atoms with E-state index in [0.717, 1.165) is 0 Å². The highest BCUT2D eigenvalue weighted by Crippen LogP contribution is 2.27. The molecular formula is C9H16O3. The van der Waals surface area contributed by atoms with E-state index in [1.807, 2.05) is 20.8 Å². The summed E-state index contributed by atoms with van der Waals surface area (Å²) in [5, 5.41) is 0. The summed E-state index contributed by atoms with van der Waals surface area (Å²) in [5.41, 5.74) is -0.362. The highest BCUT2D eigenvalue weighted by molar-refractivity contribution is 5.98. The first-order valence-electron chi connectivity index (χ1n) is 3.89. The van der Waals surface area contributed by atoms with Crippen LogP contribution in [0, 0.1) is 11.3 Å². The first kappa shape index (κ1) is 11.1. The predicted octanol–water partition coefficient (Wildman–Crippen LogP) is 1.41. The Morgan fingerprint density at radius 1 is 1.25 bits per heavy atom. The summed E-state index contributed by atoms with van der Waals surface area (Å²) in [6, 6.07) is 0. The summed E-state index contributed by atoms with van der Waals surface area (Å²) < 4.78 is 4.54. The maximum atomic E-state index is 11.2. The molecule has 0 heterocycles. The van der Waals surface area contributed by atoms with Gasteiger partial charge < -0.3 is 4.74 Å². The molecule has 0 N–H and O–H groups in total. The Morgan fingerprint density at radius 3 is 1.75 bits per heavy atom. The van der Waals surface area contributed by atoms with Gasteiger partial charge in [0, 0.05) is 0 Å². The quantitative estimate of drug-likeness (QED) is 0.467. The second-order valence-corrected chi connectivity index (χ2v) is 3.93. The van der Waals surface area contributed by atoms with Gasteiger partial charge in [0.2, 0.25) is 0 Å². The van der Waals surface area contributed by atoms with Crippen LogP contribution in [0.1, 0.15) is 27.7 Å². The molecule has 0 fully saturated rings. The Hall–Kier alpha value is -0.860. The van der Waals surface area contributed by atoms with Gasteiger partial charge in [0.05, 0.1) is 7.11 Å². The molecule has 0 bridgehead atoms. The van der Waals surface area contributed by atoms with Crippen molar-refractivity contribution in [2.75, 3.05) is 7.11 Å². The van der Waals surface area contributed by atoms with Crippen molar-refractivity contribution < 1.29 is 14.3 Å². The lowest BCUT2D eigenvalue weighted by molar-refractivity contribution is -0.153. The van der Waals surface area contributed by atoms with Crippen molar-refractivity contribution in [3.05, 3.63) is 0 Å². The Morgan fingerprint density at radius 2 is 1.67 bits per heavy atom. The van der Waals surface area contributed by atoms with Gasteiger partial charge in [-0.15, -0.1) is 0 Å². The van der Waals surface area contributed by atoms with Crippen molar-refractivity contribution in [2.24, 2.45) is 11.3 Å². The van der Waals surface area contributed by atoms with Gasteiger partial charge >= 0.3 is 5.97 Å². The maximum absolute atomic E-state index is 11.2. The molecule has 0 aromatic carbocycles. The number of hydrogen-bond acceptors (Lipinski definition) is 3. The van der Waals surface area contributed by atoms with E-state index in [9.17, 15) is 9.59 Å². The van der Waals surface area contributed by atoms with Gasteiger partial charge in [-0.05, 0) is 12.3 Å². The molecule has 1 unspecified atom stereocenters. The van der Waals surface area contributed by atoms with E-state index in [1.54, 1.807) is 0 Å². The predicted molar refractivity (Wildman–Crippen MR) is 45.6 cm³/mol. The maximum Gasteiger partial charge on any atom is 0.316 e. The first-order chi connectivity index (χ1) is 5.30. The Labute approximate surface area is 73.1 Å². The molecule has 3 heteroatoms. The molecular weight excluding hydrogens is 156 g/mol. The standard InChI is InChI=1S/C9H16O3/c1-6(10)7(8(11)12-5)9(2,3)4/h7H,1-5H3. The molecule has 0 saturated carbocycles. The molecule has 12 heavy (non-hydrogen) atoms. The van der Waals surface area contributed by atoms with E-state index in [0.29, 0.717) is 0 Å². The third-order valence-electron chi connectivity index (χ3n) is 1.71. The van der Waals surface area contributed by atoms with Crippen LogP contribution in [0.4, 0.5) is 0 Å². The SMILES string of the molecule is COC(=O)C(C(C)=O)C(C)(C)C. The van der Waals surface area contributed by atoms with Crippen molar-refractivity contribution in [3.8, 4) is 0 Å². The van der Waals surface area contributed by atoms with Crippen molar-refractivity contribution in [1.29, 1.82) is 0 Å². The number of esters is 1. The number of Topliss-reactive ketones (excluding diaryl/α,β-unsaturated/α-hetero) is 1. The molecule has 70 valence electrons. The van der Waals surface area contributed by atoms with Crippen molar-refractivity contribution in [3.63, 3.8) is 0 Å². The topological polar surface area (TPSA) is 43.4 Å². The fraction of sp³-hybridized carbons (Fsp3) is 0.778. The molecule has 0 aliphatic rings. The van der Waals surface area contributed by atoms with E-state index >= 15 is 0 Å². The Balaban J connectivity index is 4.68. The van der Waals surface area contributed by atoms with Crippen LogP contribution in [0.5, 0.6) is 0 Å². The lowest BCUT2D eigenvalue weighted by atomic mass is 9.78. The molecule has 1 atom stereocenters. The lowest BCUT2D eigenvalue weighted by Gasteiger charge is -2.25. The van der Waals surface area contributed by atoms with Crippen LogP contribution in [0.15, 0.2) is 0 Å². The molecule has 0 amide bonds. The van der Waals surface area contributed by atoms with Crippen LogP contribution in [0.25, 0.3) is 0 Å². The third-order valence-corrected chi connectivity index (χ3v) is 1.71. The van der Waals surface area contributed by atoms with Gasteiger partial charge in [0.1, 0.15) is 11.7 Å². The fourth-order valence-corrected chi connectivity index (χ4v) is 1.25. The zero-order chi connectivity index (χ0) is 9.94. The highest BCUT2D eigenvalue weighted by atomic mass is 16.5. The summed E-state index contributed by atoms with van der Waals surface area (Å²) in [7, 11) is 1.30. The average molecular weight is 172 g/mol.